The minimum atomic E-state index is -0.134. The minimum absolute atomic E-state index is 0.134. The zero-order valence-corrected chi connectivity index (χ0v) is 14.9. The maximum Gasteiger partial charge on any atom is 0.256 e. The Morgan fingerprint density at radius 3 is 2.63 bits per heavy atom. The summed E-state index contributed by atoms with van der Waals surface area (Å²) in [7, 11) is 0. The van der Waals surface area contributed by atoms with Crippen molar-refractivity contribution in [1.29, 1.82) is 0 Å². The number of rotatable bonds is 3. The fraction of sp³-hybridized carbons (Fsp3) is 0.217. The summed E-state index contributed by atoms with van der Waals surface area (Å²) in [6.07, 6.45) is 2.88. The molecule has 1 heterocycles. The Balaban J connectivity index is 1.43. The first-order valence-electron chi connectivity index (χ1n) is 9.44. The van der Waals surface area contributed by atoms with Crippen LogP contribution >= 0.6 is 0 Å². The highest BCUT2D eigenvalue weighted by atomic mass is 16.2. The number of nitrogens with zero attached hydrogens (tertiary/aromatic N) is 1. The molecular formula is C23H20N2O2. The molecule has 1 aliphatic heterocycles. The summed E-state index contributed by atoms with van der Waals surface area (Å²) in [4.78, 5) is 27.3. The molecule has 4 heteroatoms. The average molecular weight is 356 g/mol. The monoisotopic (exact) mass is 356 g/mol. The van der Waals surface area contributed by atoms with E-state index in [1.54, 1.807) is 0 Å². The summed E-state index contributed by atoms with van der Waals surface area (Å²) < 4.78 is 0. The van der Waals surface area contributed by atoms with Gasteiger partial charge < -0.3 is 10.2 Å². The van der Waals surface area contributed by atoms with E-state index >= 15 is 0 Å². The predicted octanol–water partition coefficient (Wildman–Crippen LogP) is 4.39. The van der Waals surface area contributed by atoms with Crippen LogP contribution in [0, 0.1) is 5.92 Å². The average Bonchev–Trinajstić information content (AvgIpc) is 3.47. The molecule has 27 heavy (non-hydrogen) atoms. The summed E-state index contributed by atoms with van der Waals surface area (Å²) in [6, 6.07) is 19.5. The van der Waals surface area contributed by atoms with Crippen LogP contribution in [0.5, 0.6) is 0 Å². The largest absolute Gasteiger partial charge is 0.322 e. The van der Waals surface area contributed by atoms with E-state index in [1.165, 1.54) is 5.56 Å². The molecule has 1 fully saturated rings. The number of benzene rings is 3. The number of hydrogen-bond acceptors (Lipinski definition) is 2. The van der Waals surface area contributed by atoms with Gasteiger partial charge in [-0.15, -0.1) is 0 Å². The predicted molar refractivity (Wildman–Crippen MR) is 107 cm³/mol. The van der Waals surface area contributed by atoms with Crippen LogP contribution < -0.4 is 10.2 Å². The van der Waals surface area contributed by atoms with Gasteiger partial charge >= 0.3 is 0 Å². The Morgan fingerprint density at radius 2 is 1.78 bits per heavy atom. The lowest BCUT2D eigenvalue weighted by Crippen LogP contribution is -2.30. The number of anilines is 2. The summed E-state index contributed by atoms with van der Waals surface area (Å²) in [5.74, 6) is 0.293. The SMILES string of the molecule is O=C(Nc1ccc2c(c1)N(C(=O)C1CC1)CC2)c1cccc2ccccc12. The lowest BCUT2D eigenvalue weighted by Gasteiger charge is -2.18. The van der Waals surface area contributed by atoms with Crippen LogP contribution in [-0.4, -0.2) is 18.4 Å². The number of carbonyl (C=O) groups is 2. The zero-order valence-electron chi connectivity index (χ0n) is 14.9. The molecule has 3 aromatic rings. The lowest BCUT2D eigenvalue weighted by molar-refractivity contribution is -0.119. The first kappa shape index (κ1) is 16.1. The van der Waals surface area contributed by atoms with E-state index in [0.717, 1.165) is 48.0 Å². The molecule has 0 saturated heterocycles. The van der Waals surface area contributed by atoms with E-state index in [9.17, 15) is 9.59 Å². The van der Waals surface area contributed by atoms with E-state index in [0.29, 0.717) is 5.56 Å². The second-order valence-electron chi connectivity index (χ2n) is 7.34. The standard InChI is InChI=1S/C23H20N2O2/c26-22(20-7-3-5-15-4-1-2-6-19(15)20)24-18-11-10-16-12-13-25(21(16)14-18)23(27)17-8-9-17/h1-7,10-11,14,17H,8-9,12-13H2,(H,24,26). The zero-order chi connectivity index (χ0) is 18.4. The molecule has 1 aliphatic carbocycles. The van der Waals surface area contributed by atoms with E-state index < -0.39 is 0 Å². The molecule has 0 radical (unpaired) electrons. The Morgan fingerprint density at radius 1 is 0.963 bits per heavy atom. The van der Waals surface area contributed by atoms with Crippen LogP contribution in [0.2, 0.25) is 0 Å². The van der Waals surface area contributed by atoms with Crippen LogP contribution in [-0.2, 0) is 11.2 Å². The van der Waals surface area contributed by atoms with Crippen LogP contribution in [0.25, 0.3) is 10.8 Å². The Hall–Kier alpha value is -3.14. The molecule has 5 rings (SSSR count). The Kier molecular flexibility index (Phi) is 3.71. The highest BCUT2D eigenvalue weighted by Gasteiger charge is 2.36. The van der Waals surface area contributed by atoms with Gasteiger partial charge in [0.1, 0.15) is 0 Å². The normalized spacial score (nSPS) is 15.6. The first-order chi connectivity index (χ1) is 13.2. The fourth-order valence-corrected chi connectivity index (χ4v) is 3.86. The number of hydrogen-bond donors (Lipinski definition) is 1. The molecule has 3 aromatic carbocycles. The van der Waals surface area contributed by atoms with Crippen LogP contribution in [0.1, 0.15) is 28.8 Å². The molecular weight excluding hydrogens is 336 g/mol. The van der Waals surface area contributed by atoms with Gasteiger partial charge in [0.25, 0.3) is 5.91 Å². The van der Waals surface area contributed by atoms with Gasteiger partial charge in [0.2, 0.25) is 5.91 Å². The van der Waals surface area contributed by atoms with E-state index in [-0.39, 0.29) is 17.7 Å². The van der Waals surface area contributed by atoms with Crippen molar-refractivity contribution in [3.8, 4) is 0 Å². The van der Waals surface area contributed by atoms with E-state index in [1.807, 2.05) is 65.6 Å². The smallest absolute Gasteiger partial charge is 0.256 e. The van der Waals surface area contributed by atoms with Crippen LogP contribution in [0.3, 0.4) is 0 Å². The van der Waals surface area contributed by atoms with Crippen molar-refractivity contribution in [2.75, 3.05) is 16.8 Å². The van der Waals surface area contributed by atoms with Gasteiger partial charge in [0.15, 0.2) is 0 Å². The molecule has 0 atom stereocenters. The topological polar surface area (TPSA) is 49.4 Å². The highest BCUT2D eigenvalue weighted by molar-refractivity contribution is 6.13. The lowest BCUT2D eigenvalue weighted by atomic mass is 10.0. The van der Waals surface area contributed by atoms with Crippen molar-refractivity contribution in [2.24, 2.45) is 5.92 Å². The summed E-state index contributed by atoms with van der Waals surface area (Å²) >= 11 is 0. The van der Waals surface area contributed by atoms with Gasteiger partial charge in [0, 0.05) is 29.4 Å². The molecule has 0 bridgehead atoms. The maximum absolute atomic E-state index is 12.9. The summed E-state index contributed by atoms with van der Waals surface area (Å²) in [6.45, 7) is 0.741. The Labute approximate surface area is 157 Å². The quantitative estimate of drug-likeness (QED) is 0.757. The van der Waals surface area contributed by atoms with Crippen molar-refractivity contribution < 1.29 is 9.59 Å². The first-order valence-corrected chi connectivity index (χ1v) is 9.44. The van der Waals surface area contributed by atoms with Crippen molar-refractivity contribution in [3.63, 3.8) is 0 Å². The van der Waals surface area contributed by atoms with E-state index in [2.05, 4.69) is 5.32 Å². The third-order valence-electron chi connectivity index (χ3n) is 5.47. The van der Waals surface area contributed by atoms with Crippen molar-refractivity contribution in [2.45, 2.75) is 19.3 Å². The van der Waals surface area contributed by atoms with Crippen molar-refractivity contribution in [1.82, 2.24) is 0 Å². The number of amides is 2. The molecule has 4 nitrogen and oxygen atoms in total. The molecule has 2 aliphatic rings. The molecule has 2 amide bonds. The van der Waals surface area contributed by atoms with Gasteiger partial charge in [0.05, 0.1) is 0 Å². The third kappa shape index (κ3) is 2.87. The van der Waals surface area contributed by atoms with Gasteiger partial charge in [-0.05, 0) is 53.8 Å². The van der Waals surface area contributed by atoms with Crippen molar-refractivity contribution in [3.05, 3.63) is 71.8 Å². The van der Waals surface area contributed by atoms with Gasteiger partial charge in [-0.2, -0.15) is 0 Å². The maximum atomic E-state index is 12.9. The second-order valence-corrected chi connectivity index (χ2v) is 7.34. The molecule has 0 spiro atoms. The minimum Gasteiger partial charge on any atom is -0.322 e. The third-order valence-corrected chi connectivity index (χ3v) is 5.47. The van der Waals surface area contributed by atoms with Gasteiger partial charge in [-0.3, -0.25) is 9.59 Å². The Bertz CT molecular complexity index is 1060. The summed E-state index contributed by atoms with van der Waals surface area (Å²) in [5.41, 5.74) is 3.50. The van der Waals surface area contributed by atoms with Gasteiger partial charge in [-0.1, -0.05) is 42.5 Å². The molecule has 0 unspecified atom stereocenters. The molecule has 134 valence electrons. The highest BCUT2D eigenvalue weighted by Crippen LogP contribution is 2.37. The molecule has 1 saturated carbocycles. The van der Waals surface area contributed by atoms with Crippen molar-refractivity contribution >= 4 is 34.0 Å². The number of nitrogens with one attached hydrogen (secondary N) is 1. The van der Waals surface area contributed by atoms with Gasteiger partial charge in [-0.25, -0.2) is 0 Å². The van der Waals surface area contributed by atoms with Crippen LogP contribution in [0.4, 0.5) is 11.4 Å². The summed E-state index contributed by atoms with van der Waals surface area (Å²) in [5, 5.41) is 4.98. The number of fused-ring (bicyclic) bond motifs is 2. The fourth-order valence-electron chi connectivity index (χ4n) is 3.86. The second kappa shape index (κ2) is 6.23. The molecule has 1 N–H and O–H groups in total. The number of carbonyl (C=O) groups excluding carboxylic acids is 2. The van der Waals surface area contributed by atoms with Crippen LogP contribution in [0.15, 0.2) is 60.7 Å². The van der Waals surface area contributed by atoms with E-state index in [4.69, 9.17) is 0 Å². The molecule has 0 aromatic heterocycles.